The van der Waals surface area contributed by atoms with Gasteiger partial charge >= 0.3 is 0 Å². The second kappa shape index (κ2) is 12.0. The standard InChI is InChI=1S/C28H29ClN4O7S/c1-18-27(28(35)33(31(18)2)20-9-7-6-8-10-20)30-26(34)17-32(22-15-19(29)11-13-23(22)38-3)41(36,37)21-12-14-24(39-4)25(16-21)40-5/h6-16H,17H2,1-5H3,(H,30,34). The van der Waals surface area contributed by atoms with Crippen LogP contribution in [0.4, 0.5) is 11.4 Å². The van der Waals surface area contributed by atoms with Crippen LogP contribution in [0.25, 0.3) is 5.69 Å². The molecule has 4 rings (SSSR count). The largest absolute Gasteiger partial charge is 0.495 e. The summed E-state index contributed by atoms with van der Waals surface area (Å²) in [4.78, 5) is 26.6. The van der Waals surface area contributed by atoms with Gasteiger partial charge in [0.15, 0.2) is 11.5 Å². The van der Waals surface area contributed by atoms with E-state index in [2.05, 4.69) is 5.32 Å². The molecule has 0 saturated heterocycles. The summed E-state index contributed by atoms with van der Waals surface area (Å²) in [7, 11) is 1.45. The average molecular weight is 601 g/mol. The maximum Gasteiger partial charge on any atom is 0.295 e. The molecule has 1 N–H and O–H groups in total. The van der Waals surface area contributed by atoms with Gasteiger partial charge in [-0.3, -0.25) is 18.6 Å². The molecule has 0 saturated carbocycles. The number of carbonyl (C=O) groups is 1. The van der Waals surface area contributed by atoms with E-state index in [-0.39, 0.29) is 32.8 Å². The lowest BCUT2D eigenvalue weighted by molar-refractivity contribution is -0.114. The SMILES string of the molecule is COc1ccc(S(=O)(=O)N(CC(=O)Nc2c(C)n(C)n(-c3ccccc3)c2=O)c2cc(Cl)ccc2OC)cc1OC. The number of hydrogen-bond acceptors (Lipinski definition) is 7. The maximum absolute atomic E-state index is 14.0. The summed E-state index contributed by atoms with van der Waals surface area (Å²) in [5.74, 6) is -0.0987. The summed E-state index contributed by atoms with van der Waals surface area (Å²) in [6, 6.07) is 17.4. The highest BCUT2D eigenvalue weighted by atomic mass is 35.5. The Balaban J connectivity index is 1.78. The molecule has 0 spiro atoms. The van der Waals surface area contributed by atoms with Gasteiger partial charge in [0, 0.05) is 18.1 Å². The zero-order valence-corrected chi connectivity index (χ0v) is 24.6. The Hall–Kier alpha value is -4.42. The molecular formula is C28H29ClN4O7S. The van der Waals surface area contributed by atoms with Gasteiger partial charge < -0.3 is 19.5 Å². The third-order valence-electron chi connectivity index (χ3n) is 6.46. The lowest BCUT2D eigenvalue weighted by Gasteiger charge is -2.26. The number of nitrogens with zero attached hydrogens (tertiary/aromatic N) is 3. The Kier molecular flexibility index (Phi) is 8.64. The first-order valence-electron chi connectivity index (χ1n) is 12.3. The van der Waals surface area contributed by atoms with Gasteiger partial charge in [-0.2, -0.15) is 0 Å². The molecule has 0 bridgehead atoms. The number of ether oxygens (including phenoxy) is 3. The molecule has 0 aliphatic heterocycles. The quantitative estimate of drug-likeness (QED) is 0.292. The molecule has 1 heterocycles. The van der Waals surface area contributed by atoms with E-state index in [0.717, 1.165) is 4.31 Å². The molecule has 0 fully saturated rings. The van der Waals surface area contributed by atoms with Crippen LogP contribution in [-0.4, -0.2) is 51.6 Å². The van der Waals surface area contributed by atoms with Crippen LogP contribution >= 0.6 is 11.6 Å². The van der Waals surface area contributed by atoms with Crippen LogP contribution in [0.3, 0.4) is 0 Å². The second-order valence-corrected chi connectivity index (χ2v) is 11.1. The molecule has 216 valence electrons. The third kappa shape index (κ3) is 5.74. The van der Waals surface area contributed by atoms with Crippen LogP contribution in [0.2, 0.25) is 5.02 Å². The summed E-state index contributed by atoms with van der Waals surface area (Å²) in [5.41, 5.74) is 0.644. The fourth-order valence-electron chi connectivity index (χ4n) is 4.28. The second-order valence-electron chi connectivity index (χ2n) is 8.83. The zero-order valence-electron chi connectivity index (χ0n) is 23.0. The van der Waals surface area contributed by atoms with Gasteiger partial charge in [-0.1, -0.05) is 29.8 Å². The van der Waals surface area contributed by atoms with E-state index < -0.39 is 28.0 Å². The Bertz CT molecular complexity index is 1750. The smallest absolute Gasteiger partial charge is 0.295 e. The number of halogens is 1. The molecule has 0 aliphatic rings. The highest BCUT2D eigenvalue weighted by Crippen LogP contribution is 2.37. The van der Waals surface area contributed by atoms with Crippen molar-refractivity contribution in [3.8, 4) is 22.9 Å². The van der Waals surface area contributed by atoms with Crippen molar-refractivity contribution in [1.29, 1.82) is 0 Å². The predicted molar refractivity (Wildman–Crippen MR) is 156 cm³/mol. The molecule has 0 atom stereocenters. The fourth-order valence-corrected chi connectivity index (χ4v) is 5.89. The number of amides is 1. The van der Waals surface area contributed by atoms with Crippen LogP contribution in [0.5, 0.6) is 17.2 Å². The van der Waals surface area contributed by atoms with Gasteiger partial charge in [0.05, 0.1) is 43.3 Å². The number of carbonyl (C=O) groups excluding carboxylic acids is 1. The number of benzene rings is 3. The number of hydrogen-bond donors (Lipinski definition) is 1. The first-order chi connectivity index (χ1) is 19.5. The van der Waals surface area contributed by atoms with E-state index in [9.17, 15) is 18.0 Å². The molecule has 0 unspecified atom stereocenters. The number of aromatic nitrogens is 2. The van der Waals surface area contributed by atoms with Crippen molar-refractivity contribution in [3.05, 3.63) is 87.8 Å². The van der Waals surface area contributed by atoms with Gasteiger partial charge in [-0.25, -0.2) is 13.1 Å². The van der Waals surface area contributed by atoms with Gasteiger partial charge in [0.1, 0.15) is 18.0 Å². The number of para-hydroxylation sites is 1. The maximum atomic E-state index is 14.0. The lowest BCUT2D eigenvalue weighted by atomic mass is 10.3. The van der Waals surface area contributed by atoms with E-state index in [1.165, 1.54) is 62.4 Å². The number of anilines is 2. The molecule has 1 amide bonds. The molecule has 13 heteroatoms. The number of methoxy groups -OCH3 is 3. The molecule has 0 aliphatic carbocycles. The van der Waals surface area contributed by atoms with Gasteiger partial charge in [-0.05, 0) is 49.4 Å². The summed E-state index contributed by atoms with van der Waals surface area (Å²) in [6.07, 6.45) is 0. The average Bonchev–Trinajstić information content (AvgIpc) is 3.18. The van der Waals surface area contributed by atoms with E-state index in [1.807, 2.05) is 6.07 Å². The van der Waals surface area contributed by atoms with Crippen molar-refractivity contribution >= 4 is 38.9 Å². The molecule has 1 aromatic heterocycles. The molecule has 3 aromatic carbocycles. The van der Waals surface area contributed by atoms with Crippen molar-refractivity contribution in [2.75, 3.05) is 37.5 Å². The highest BCUT2D eigenvalue weighted by molar-refractivity contribution is 7.92. The molecular weight excluding hydrogens is 572 g/mol. The topological polar surface area (TPSA) is 121 Å². The summed E-state index contributed by atoms with van der Waals surface area (Å²) >= 11 is 6.23. The third-order valence-corrected chi connectivity index (χ3v) is 8.45. The van der Waals surface area contributed by atoms with Crippen LogP contribution in [0, 0.1) is 6.92 Å². The van der Waals surface area contributed by atoms with E-state index in [4.69, 9.17) is 25.8 Å². The molecule has 11 nitrogen and oxygen atoms in total. The Morgan fingerprint density at radius 1 is 0.927 bits per heavy atom. The Labute approximate surface area is 242 Å². The minimum absolute atomic E-state index is 0.0166. The number of sulfonamides is 1. The van der Waals surface area contributed by atoms with Crippen LogP contribution in [0.15, 0.2) is 76.4 Å². The van der Waals surface area contributed by atoms with Gasteiger partial charge in [0.2, 0.25) is 5.91 Å². The van der Waals surface area contributed by atoms with Gasteiger partial charge in [0.25, 0.3) is 15.6 Å². The van der Waals surface area contributed by atoms with E-state index in [1.54, 1.807) is 42.9 Å². The highest BCUT2D eigenvalue weighted by Gasteiger charge is 2.31. The van der Waals surface area contributed by atoms with E-state index >= 15 is 0 Å². The van der Waals surface area contributed by atoms with Crippen LogP contribution in [-0.2, 0) is 21.9 Å². The number of rotatable bonds is 10. The normalized spacial score (nSPS) is 11.2. The Morgan fingerprint density at radius 2 is 1.56 bits per heavy atom. The van der Waals surface area contributed by atoms with Crippen molar-refractivity contribution < 1.29 is 27.4 Å². The minimum atomic E-state index is -4.40. The Morgan fingerprint density at radius 3 is 2.20 bits per heavy atom. The zero-order chi connectivity index (χ0) is 29.9. The van der Waals surface area contributed by atoms with Crippen molar-refractivity contribution in [2.24, 2.45) is 7.05 Å². The summed E-state index contributed by atoms with van der Waals surface area (Å²) in [5, 5.41) is 2.83. The van der Waals surface area contributed by atoms with Gasteiger partial charge in [-0.15, -0.1) is 0 Å². The predicted octanol–water partition coefficient (Wildman–Crippen LogP) is 4.00. The minimum Gasteiger partial charge on any atom is -0.495 e. The number of nitrogens with one attached hydrogen (secondary N) is 1. The monoisotopic (exact) mass is 600 g/mol. The van der Waals surface area contributed by atoms with E-state index in [0.29, 0.717) is 17.1 Å². The van der Waals surface area contributed by atoms with Crippen LogP contribution < -0.4 is 29.4 Å². The van der Waals surface area contributed by atoms with Crippen LogP contribution in [0.1, 0.15) is 5.69 Å². The molecule has 41 heavy (non-hydrogen) atoms. The van der Waals surface area contributed by atoms with Crippen molar-refractivity contribution in [1.82, 2.24) is 9.36 Å². The van der Waals surface area contributed by atoms with Crippen molar-refractivity contribution in [3.63, 3.8) is 0 Å². The first kappa shape index (κ1) is 29.6. The van der Waals surface area contributed by atoms with Crippen molar-refractivity contribution in [2.45, 2.75) is 11.8 Å². The molecule has 4 aromatic rings. The first-order valence-corrected chi connectivity index (χ1v) is 14.1. The lowest BCUT2D eigenvalue weighted by Crippen LogP contribution is -2.39. The molecule has 0 radical (unpaired) electrons. The fraction of sp³-hybridized carbons (Fsp3) is 0.214. The summed E-state index contributed by atoms with van der Waals surface area (Å²) < 4.78 is 47.8. The summed E-state index contributed by atoms with van der Waals surface area (Å²) in [6.45, 7) is 0.973.